The number of alkyl halides is 3. The van der Waals surface area contributed by atoms with Crippen molar-refractivity contribution in [3.05, 3.63) is 34.9 Å². The minimum atomic E-state index is -5.08. The highest BCUT2D eigenvalue weighted by Crippen LogP contribution is 2.17. The van der Waals surface area contributed by atoms with Crippen LogP contribution >= 0.6 is 11.6 Å². The SMILES string of the molecule is CC1CCCCN1CCN(CCS(=O)(=O)N1CCNCC1)C(=O)c1ccc(Cl)cc1.O=C(O)C(F)(F)F. The van der Waals surface area contributed by atoms with Gasteiger partial charge in [-0.25, -0.2) is 13.2 Å². The van der Waals surface area contributed by atoms with Crippen LogP contribution in [0.15, 0.2) is 24.3 Å². The van der Waals surface area contributed by atoms with E-state index in [1.165, 1.54) is 23.6 Å². The van der Waals surface area contributed by atoms with E-state index in [1.807, 2.05) is 0 Å². The molecule has 9 nitrogen and oxygen atoms in total. The van der Waals surface area contributed by atoms with E-state index < -0.39 is 22.2 Å². The average molecular weight is 571 g/mol. The van der Waals surface area contributed by atoms with Crippen LogP contribution in [0.4, 0.5) is 13.2 Å². The van der Waals surface area contributed by atoms with Gasteiger partial charge >= 0.3 is 12.1 Å². The number of halogens is 4. The summed E-state index contributed by atoms with van der Waals surface area (Å²) in [6, 6.07) is 7.28. The summed E-state index contributed by atoms with van der Waals surface area (Å²) in [5.41, 5.74) is 0.533. The number of carboxylic acids is 1. The third-order valence-electron chi connectivity index (χ3n) is 6.31. The summed E-state index contributed by atoms with van der Waals surface area (Å²) in [4.78, 5) is 26.1. The summed E-state index contributed by atoms with van der Waals surface area (Å²) in [6.07, 6.45) is -1.50. The van der Waals surface area contributed by atoms with E-state index in [2.05, 4.69) is 17.1 Å². The van der Waals surface area contributed by atoms with Gasteiger partial charge in [-0.05, 0) is 50.6 Å². The molecule has 2 heterocycles. The number of amides is 1. The first-order valence-electron chi connectivity index (χ1n) is 12.1. The molecule has 0 aromatic heterocycles. The maximum atomic E-state index is 13.1. The first kappa shape index (κ1) is 31.3. The van der Waals surface area contributed by atoms with Crippen LogP contribution in [-0.2, 0) is 14.8 Å². The molecule has 1 unspecified atom stereocenters. The van der Waals surface area contributed by atoms with E-state index in [0.717, 1.165) is 13.1 Å². The van der Waals surface area contributed by atoms with E-state index in [-0.39, 0.29) is 18.2 Å². The topological polar surface area (TPSA) is 110 Å². The van der Waals surface area contributed by atoms with Crippen molar-refractivity contribution >= 4 is 33.5 Å². The van der Waals surface area contributed by atoms with Gasteiger partial charge in [-0.1, -0.05) is 18.0 Å². The number of carboxylic acid groups (broad SMARTS) is 1. The standard InChI is InChI=1S/C21H33ClN4O3S.C2HF3O2/c1-18-4-2-3-11-24(18)14-15-25(21(27)19-5-7-20(22)8-6-19)16-17-30(28,29)26-12-9-23-10-13-26;3-2(4,5)1(6)7/h5-8,18,23H,2-4,9-17H2,1H3;(H,6,7). The van der Waals surface area contributed by atoms with Crippen LogP contribution in [0, 0.1) is 0 Å². The fraction of sp³-hybridized carbons (Fsp3) is 0.652. The third kappa shape index (κ3) is 10.4. The van der Waals surface area contributed by atoms with E-state index in [4.69, 9.17) is 21.5 Å². The van der Waals surface area contributed by atoms with Gasteiger partial charge in [-0.15, -0.1) is 0 Å². The molecule has 2 fully saturated rings. The molecule has 14 heteroatoms. The Morgan fingerprint density at radius 2 is 1.70 bits per heavy atom. The second-order valence-corrected chi connectivity index (χ2v) is 11.5. The molecule has 1 atom stereocenters. The predicted molar refractivity (Wildman–Crippen MR) is 134 cm³/mol. The van der Waals surface area contributed by atoms with Crippen molar-refractivity contribution in [3.8, 4) is 0 Å². The number of rotatable bonds is 8. The molecule has 2 aliphatic heterocycles. The number of hydrogen-bond acceptors (Lipinski definition) is 6. The Hall–Kier alpha value is -1.93. The zero-order chi connectivity index (χ0) is 27.6. The summed E-state index contributed by atoms with van der Waals surface area (Å²) in [5.74, 6) is -2.96. The van der Waals surface area contributed by atoms with Gasteiger partial charge in [0.05, 0.1) is 5.75 Å². The van der Waals surface area contributed by atoms with Gasteiger partial charge in [0.1, 0.15) is 0 Å². The van der Waals surface area contributed by atoms with E-state index in [9.17, 15) is 26.4 Å². The molecule has 37 heavy (non-hydrogen) atoms. The second kappa shape index (κ2) is 14.3. The molecule has 1 aromatic carbocycles. The van der Waals surface area contributed by atoms with Crippen molar-refractivity contribution in [1.29, 1.82) is 0 Å². The van der Waals surface area contributed by atoms with E-state index >= 15 is 0 Å². The minimum Gasteiger partial charge on any atom is -0.475 e. The Morgan fingerprint density at radius 3 is 2.24 bits per heavy atom. The lowest BCUT2D eigenvalue weighted by Gasteiger charge is -2.35. The fourth-order valence-electron chi connectivity index (χ4n) is 4.11. The Kier molecular flexibility index (Phi) is 12.1. The summed E-state index contributed by atoms with van der Waals surface area (Å²) >= 11 is 5.96. The number of benzene rings is 1. The summed E-state index contributed by atoms with van der Waals surface area (Å²) in [7, 11) is -3.39. The molecule has 0 saturated carbocycles. The molecule has 0 aliphatic carbocycles. The van der Waals surface area contributed by atoms with E-state index in [0.29, 0.717) is 49.4 Å². The number of likely N-dealkylation sites (tertiary alicyclic amines) is 1. The fourth-order valence-corrected chi connectivity index (χ4v) is 5.68. The molecule has 0 spiro atoms. The molecular weight excluding hydrogens is 537 g/mol. The van der Waals surface area contributed by atoms with Crippen molar-refractivity contribution in [3.63, 3.8) is 0 Å². The van der Waals surface area contributed by atoms with Gasteiger partial charge in [0.2, 0.25) is 10.0 Å². The maximum Gasteiger partial charge on any atom is 0.490 e. The normalized spacial score (nSPS) is 19.5. The van der Waals surface area contributed by atoms with Crippen molar-refractivity contribution < 1.29 is 36.3 Å². The van der Waals surface area contributed by atoms with Gasteiger partial charge < -0.3 is 15.3 Å². The van der Waals surface area contributed by atoms with Crippen molar-refractivity contribution in [1.82, 2.24) is 19.4 Å². The Labute approximate surface area is 220 Å². The summed E-state index contributed by atoms with van der Waals surface area (Å²) in [5, 5.41) is 10.9. The average Bonchev–Trinajstić information content (AvgIpc) is 2.85. The van der Waals surface area contributed by atoms with Crippen LogP contribution in [0.1, 0.15) is 36.5 Å². The smallest absolute Gasteiger partial charge is 0.475 e. The molecule has 1 amide bonds. The molecule has 2 N–H and O–H groups in total. The molecule has 2 saturated heterocycles. The summed E-state index contributed by atoms with van der Waals surface area (Å²) in [6.45, 7) is 7.02. The first-order valence-corrected chi connectivity index (χ1v) is 14.1. The number of sulfonamides is 1. The third-order valence-corrected chi connectivity index (χ3v) is 8.41. The van der Waals surface area contributed by atoms with Crippen molar-refractivity contribution in [2.75, 3.05) is 58.1 Å². The quantitative estimate of drug-likeness (QED) is 0.494. The molecule has 210 valence electrons. The minimum absolute atomic E-state index is 0.0537. The zero-order valence-electron chi connectivity index (χ0n) is 20.7. The lowest BCUT2D eigenvalue weighted by Crippen LogP contribution is -2.49. The highest BCUT2D eigenvalue weighted by Gasteiger charge is 2.38. The number of hydrogen-bond donors (Lipinski definition) is 2. The maximum absolute atomic E-state index is 13.1. The zero-order valence-corrected chi connectivity index (χ0v) is 22.3. The van der Waals surface area contributed by atoms with Gasteiger partial charge in [0, 0.05) is 62.4 Å². The number of nitrogens with zero attached hydrogens (tertiary/aromatic N) is 3. The van der Waals surface area contributed by atoms with Gasteiger partial charge in [-0.2, -0.15) is 17.5 Å². The number of aliphatic carboxylic acids is 1. The molecular formula is C23H34ClF3N4O5S. The predicted octanol–water partition coefficient (Wildman–Crippen LogP) is 2.52. The number of piperazine rings is 1. The van der Waals surface area contributed by atoms with E-state index in [1.54, 1.807) is 29.2 Å². The molecule has 0 bridgehead atoms. The number of piperidine rings is 1. The van der Waals surface area contributed by atoms with Crippen LogP contribution in [0.25, 0.3) is 0 Å². The lowest BCUT2D eigenvalue weighted by atomic mass is 10.0. The van der Waals surface area contributed by atoms with Gasteiger partial charge in [-0.3, -0.25) is 9.69 Å². The van der Waals surface area contributed by atoms with Gasteiger partial charge in [0.15, 0.2) is 0 Å². The van der Waals surface area contributed by atoms with Crippen molar-refractivity contribution in [2.24, 2.45) is 0 Å². The molecule has 0 radical (unpaired) electrons. The second-order valence-electron chi connectivity index (χ2n) is 8.95. The molecule has 2 aliphatic rings. The highest BCUT2D eigenvalue weighted by molar-refractivity contribution is 7.89. The highest BCUT2D eigenvalue weighted by atomic mass is 35.5. The Balaban J connectivity index is 0.000000604. The molecule has 3 rings (SSSR count). The largest absolute Gasteiger partial charge is 0.490 e. The van der Waals surface area contributed by atoms with Crippen LogP contribution in [-0.4, -0.2) is 110 Å². The van der Waals surface area contributed by atoms with Crippen LogP contribution in [0.5, 0.6) is 0 Å². The Bertz CT molecular complexity index is 989. The summed E-state index contributed by atoms with van der Waals surface area (Å²) < 4.78 is 58.8. The number of carbonyl (C=O) groups is 2. The lowest BCUT2D eigenvalue weighted by molar-refractivity contribution is -0.192. The monoisotopic (exact) mass is 570 g/mol. The van der Waals surface area contributed by atoms with Gasteiger partial charge in [0.25, 0.3) is 5.91 Å². The first-order chi connectivity index (χ1) is 17.3. The van der Waals surface area contributed by atoms with Crippen LogP contribution < -0.4 is 5.32 Å². The molecule has 1 aromatic rings. The van der Waals surface area contributed by atoms with Crippen LogP contribution in [0.2, 0.25) is 5.02 Å². The van der Waals surface area contributed by atoms with Crippen LogP contribution in [0.3, 0.4) is 0 Å². The number of nitrogens with one attached hydrogen (secondary N) is 1. The number of carbonyl (C=O) groups excluding carboxylic acids is 1. The van der Waals surface area contributed by atoms with Crippen molar-refractivity contribution in [2.45, 2.75) is 38.4 Å². The Morgan fingerprint density at radius 1 is 1.11 bits per heavy atom.